The number of ether oxygens (including phenoxy) is 1. The molecule has 1 heterocycles. The zero-order valence-electron chi connectivity index (χ0n) is 9.54. The largest absolute Gasteiger partial charge is 0.469 e. The zero-order chi connectivity index (χ0) is 10.7. The van der Waals surface area contributed by atoms with Gasteiger partial charge in [-0.3, -0.25) is 4.79 Å². The Bertz CT molecular complexity index is 203. The van der Waals surface area contributed by atoms with Crippen LogP contribution in [-0.2, 0) is 9.53 Å². The highest BCUT2D eigenvalue weighted by molar-refractivity contribution is 5.73. The molecule has 1 saturated heterocycles. The van der Waals surface area contributed by atoms with Crippen LogP contribution in [0.1, 0.15) is 33.6 Å². The van der Waals surface area contributed by atoms with E-state index in [9.17, 15) is 4.79 Å². The fourth-order valence-corrected chi connectivity index (χ4v) is 2.21. The summed E-state index contributed by atoms with van der Waals surface area (Å²) in [7, 11) is 1.47. The van der Waals surface area contributed by atoms with Gasteiger partial charge in [0, 0.05) is 12.1 Å². The monoisotopic (exact) mass is 199 g/mol. The van der Waals surface area contributed by atoms with Crippen molar-refractivity contribution in [1.82, 2.24) is 5.32 Å². The highest BCUT2D eigenvalue weighted by Crippen LogP contribution is 2.25. The van der Waals surface area contributed by atoms with Crippen LogP contribution in [0.15, 0.2) is 0 Å². The number of carbonyl (C=O) groups excluding carboxylic acids is 1. The molecule has 3 nitrogen and oxygen atoms in total. The molecule has 1 aliphatic heterocycles. The topological polar surface area (TPSA) is 38.3 Å². The van der Waals surface area contributed by atoms with E-state index in [4.69, 9.17) is 4.74 Å². The number of rotatable bonds is 2. The number of piperidine rings is 1. The van der Waals surface area contributed by atoms with Crippen LogP contribution in [-0.4, -0.2) is 25.2 Å². The maximum absolute atomic E-state index is 11.5. The van der Waals surface area contributed by atoms with Crippen LogP contribution < -0.4 is 5.32 Å². The van der Waals surface area contributed by atoms with E-state index in [2.05, 4.69) is 26.1 Å². The average Bonchev–Trinajstić information content (AvgIpc) is 2.16. The second-order valence-corrected chi connectivity index (χ2v) is 4.54. The predicted molar refractivity (Wildman–Crippen MR) is 56.0 cm³/mol. The van der Waals surface area contributed by atoms with Crippen molar-refractivity contribution >= 4 is 5.97 Å². The molecule has 0 aliphatic carbocycles. The summed E-state index contributed by atoms with van der Waals surface area (Å²) >= 11 is 0. The Labute approximate surface area is 86.2 Å². The maximum Gasteiger partial charge on any atom is 0.310 e. The summed E-state index contributed by atoms with van der Waals surface area (Å²) in [6.07, 6.45) is 2.01. The van der Waals surface area contributed by atoms with Crippen LogP contribution >= 0.6 is 0 Å². The zero-order valence-corrected chi connectivity index (χ0v) is 9.54. The highest BCUT2D eigenvalue weighted by Gasteiger charge is 2.35. The van der Waals surface area contributed by atoms with Crippen molar-refractivity contribution in [2.75, 3.05) is 7.11 Å². The van der Waals surface area contributed by atoms with Crippen LogP contribution in [0.25, 0.3) is 0 Å². The molecule has 1 fully saturated rings. The first kappa shape index (κ1) is 11.5. The second-order valence-electron chi connectivity index (χ2n) is 4.54. The molecule has 0 amide bonds. The molecule has 0 spiro atoms. The van der Waals surface area contributed by atoms with E-state index >= 15 is 0 Å². The molecule has 1 rings (SSSR count). The van der Waals surface area contributed by atoms with Gasteiger partial charge in [-0.25, -0.2) is 0 Å². The van der Waals surface area contributed by atoms with E-state index in [-0.39, 0.29) is 17.9 Å². The number of esters is 1. The molecule has 0 aromatic rings. The Morgan fingerprint density at radius 2 is 2.07 bits per heavy atom. The molecular weight excluding hydrogens is 178 g/mol. The molecule has 3 atom stereocenters. The first-order valence-electron chi connectivity index (χ1n) is 5.40. The van der Waals surface area contributed by atoms with Crippen LogP contribution in [0, 0.1) is 11.8 Å². The lowest BCUT2D eigenvalue weighted by atomic mass is 9.82. The Balaban J connectivity index is 2.67. The summed E-state index contributed by atoms with van der Waals surface area (Å²) in [6, 6.07) is 0.787. The molecule has 0 bridgehead atoms. The van der Waals surface area contributed by atoms with E-state index in [0.29, 0.717) is 12.0 Å². The van der Waals surface area contributed by atoms with Gasteiger partial charge in [0.05, 0.1) is 13.0 Å². The van der Waals surface area contributed by atoms with Crippen molar-refractivity contribution < 1.29 is 9.53 Å². The van der Waals surface area contributed by atoms with Crippen molar-refractivity contribution in [3.63, 3.8) is 0 Å². The van der Waals surface area contributed by atoms with Gasteiger partial charge in [-0.05, 0) is 25.7 Å². The van der Waals surface area contributed by atoms with Gasteiger partial charge >= 0.3 is 5.97 Å². The predicted octanol–water partition coefficient (Wildman–Crippen LogP) is 1.57. The molecule has 3 unspecified atom stereocenters. The molecular formula is C11H21NO2. The normalized spacial score (nSPS) is 33.1. The van der Waals surface area contributed by atoms with Gasteiger partial charge in [-0.1, -0.05) is 13.8 Å². The molecule has 1 aliphatic rings. The molecule has 1 N–H and O–H groups in total. The second kappa shape index (κ2) is 4.78. The van der Waals surface area contributed by atoms with Crippen LogP contribution in [0.5, 0.6) is 0 Å². The molecule has 82 valence electrons. The van der Waals surface area contributed by atoms with E-state index in [0.717, 1.165) is 12.8 Å². The lowest BCUT2D eigenvalue weighted by molar-refractivity contribution is -0.148. The van der Waals surface area contributed by atoms with Gasteiger partial charge in [0.2, 0.25) is 0 Å². The van der Waals surface area contributed by atoms with Crippen molar-refractivity contribution in [3.8, 4) is 0 Å². The lowest BCUT2D eigenvalue weighted by Crippen LogP contribution is -2.51. The fourth-order valence-electron chi connectivity index (χ4n) is 2.21. The number of hydrogen-bond donors (Lipinski definition) is 1. The smallest absolute Gasteiger partial charge is 0.310 e. The van der Waals surface area contributed by atoms with Gasteiger partial charge in [-0.2, -0.15) is 0 Å². The van der Waals surface area contributed by atoms with Gasteiger partial charge in [0.15, 0.2) is 0 Å². The number of methoxy groups -OCH3 is 1. The van der Waals surface area contributed by atoms with Crippen molar-refractivity contribution in [2.24, 2.45) is 11.8 Å². The fraction of sp³-hybridized carbons (Fsp3) is 0.909. The first-order valence-corrected chi connectivity index (χ1v) is 5.40. The summed E-state index contributed by atoms with van der Waals surface area (Å²) in [5.74, 6) is 0.446. The lowest BCUT2D eigenvalue weighted by Gasteiger charge is -2.37. The summed E-state index contributed by atoms with van der Waals surface area (Å²) in [5, 5.41) is 3.48. The van der Waals surface area contributed by atoms with Crippen LogP contribution in [0.2, 0.25) is 0 Å². The molecule has 0 aromatic carbocycles. The Morgan fingerprint density at radius 3 is 2.57 bits per heavy atom. The molecule has 3 heteroatoms. The van der Waals surface area contributed by atoms with Crippen molar-refractivity contribution in [1.29, 1.82) is 0 Å². The molecule has 14 heavy (non-hydrogen) atoms. The number of nitrogens with one attached hydrogen (secondary N) is 1. The Hall–Kier alpha value is -0.570. The van der Waals surface area contributed by atoms with Crippen molar-refractivity contribution in [2.45, 2.75) is 45.7 Å². The van der Waals surface area contributed by atoms with Gasteiger partial charge in [0.1, 0.15) is 0 Å². The minimum Gasteiger partial charge on any atom is -0.469 e. The van der Waals surface area contributed by atoms with Crippen LogP contribution in [0.4, 0.5) is 0 Å². The summed E-state index contributed by atoms with van der Waals surface area (Å²) in [5.41, 5.74) is 0. The third kappa shape index (κ3) is 2.47. The van der Waals surface area contributed by atoms with Gasteiger partial charge in [0.25, 0.3) is 0 Å². The minimum absolute atomic E-state index is 0.0381. The number of hydrogen-bond acceptors (Lipinski definition) is 3. The number of carbonyl (C=O) groups is 1. The quantitative estimate of drug-likeness (QED) is 0.686. The van der Waals surface area contributed by atoms with Crippen LogP contribution in [0.3, 0.4) is 0 Å². The van der Waals surface area contributed by atoms with E-state index in [1.807, 2.05) is 0 Å². The Morgan fingerprint density at radius 1 is 1.43 bits per heavy atom. The minimum atomic E-state index is -0.0666. The molecule has 0 radical (unpaired) electrons. The highest BCUT2D eigenvalue weighted by atomic mass is 16.5. The first-order chi connectivity index (χ1) is 6.56. The van der Waals surface area contributed by atoms with Crippen molar-refractivity contribution in [3.05, 3.63) is 0 Å². The molecule has 0 aromatic heterocycles. The average molecular weight is 199 g/mol. The van der Waals surface area contributed by atoms with Gasteiger partial charge < -0.3 is 10.1 Å². The third-order valence-electron chi connectivity index (χ3n) is 3.04. The summed E-state index contributed by atoms with van der Waals surface area (Å²) in [6.45, 7) is 6.46. The summed E-state index contributed by atoms with van der Waals surface area (Å²) in [4.78, 5) is 11.5. The van der Waals surface area contributed by atoms with E-state index in [1.165, 1.54) is 7.11 Å². The van der Waals surface area contributed by atoms with Gasteiger partial charge in [-0.15, -0.1) is 0 Å². The standard InChI is InChI=1S/C11H21NO2/c1-7(2)10-9(11(13)14-4)6-5-8(3)12-10/h7-10,12H,5-6H2,1-4H3. The third-order valence-corrected chi connectivity index (χ3v) is 3.04. The SMILES string of the molecule is COC(=O)C1CCC(C)NC1C(C)C. The molecule has 0 saturated carbocycles. The summed E-state index contributed by atoms with van der Waals surface area (Å²) < 4.78 is 4.83. The Kier molecular flexibility index (Phi) is 3.93. The van der Waals surface area contributed by atoms with E-state index in [1.54, 1.807) is 0 Å². The van der Waals surface area contributed by atoms with E-state index < -0.39 is 0 Å². The maximum atomic E-state index is 11.5.